The molecule has 0 saturated heterocycles. The Bertz CT molecular complexity index is 901. The van der Waals surface area contributed by atoms with E-state index in [0.29, 0.717) is 24.0 Å². The highest BCUT2D eigenvalue weighted by Gasteiger charge is 2.20. The third kappa shape index (κ3) is 4.31. The Balaban J connectivity index is 0.00000210. The topological polar surface area (TPSA) is 77.4 Å². The number of hydrogen-bond donors (Lipinski definition) is 1. The number of nitrogen functional groups attached to an aromatic ring is 1. The van der Waals surface area contributed by atoms with Crippen LogP contribution in [-0.4, -0.2) is 16.7 Å². The molecule has 1 aliphatic heterocycles. The van der Waals surface area contributed by atoms with Crippen molar-refractivity contribution in [2.45, 2.75) is 26.0 Å². The monoisotopic (exact) mass is 390 g/mol. The van der Waals surface area contributed by atoms with Crippen LogP contribution in [0.5, 0.6) is 5.75 Å². The van der Waals surface area contributed by atoms with Crippen LogP contribution < -0.4 is 15.4 Å². The number of aromatic nitrogens is 2. The van der Waals surface area contributed by atoms with E-state index in [4.69, 9.17) is 15.0 Å². The van der Waals surface area contributed by atoms with E-state index in [2.05, 4.69) is 21.1 Å². The van der Waals surface area contributed by atoms with Crippen molar-refractivity contribution >= 4 is 23.8 Å². The molecule has 2 heterocycles. The van der Waals surface area contributed by atoms with Gasteiger partial charge in [0.2, 0.25) is 11.7 Å². The number of rotatable bonds is 5. The normalized spacial score (nSPS) is 13.0. The molecule has 2 N–H and O–H groups in total. The zero-order valence-corrected chi connectivity index (χ0v) is 15.4. The maximum absolute atomic E-state index is 12.9. The lowest BCUT2D eigenvalue weighted by atomic mass is 10.00. The molecular weight excluding hydrogens is 371 g/mol. The summed E-state index contributed by atoms with van der Waals surface area (Å²) >= 11 is 0. The fraction of sp³-hybridized carbons (Fsp3) is 0.263. The van der Waals surface area contributed by atoms with E-state index in [1.54, 1.807) is 12.1 Å². The van der Waals surface area contributed by atoms with Gasteiger partial charge in [-0.2, -0.15) is 4.98 Å². The van der Waals surface area contributed by atoms with Gasteiger partial charge in [0.1, 0.15) is 11.6 Å². The second-order valence-electron chi connectivity index (χ2n) is 6.22. The molecule has 2 aromatic carbocycles. The highest BCUT2D eigenvalue weighted by Crippen LogP contribution is 2.32. The van der Waals surface area contributed by atoms with Crippen molar-refractivity contribution in [3.05, 3.63) is 65.6 Å². The molecule has 27 heavy (non-hydrogen) atoms. The Hall–Kier alpha value is -2.80. The summed E-state index contributed by atoms with van der Waals surface area (Å²) in [5.74, 6) is 1.23. The SMILES string of the molecule is Cl.Nc1cccc2c1CCCN2Cc1nc(COc2ccc(F)cc2)no1. The molecule has 4 rings (SSSR count). The molecule has 0 saturated carbocycles. The van der Waals surface area contributed by atoms with Gasteiger partial charge < -0.3 is 19.9 Å². The largest absolute Gasteiger partial charge is 0.485 e. The molecule has 1 aromatic heterocycles. The zero-order valence-electron chi connectivity index (χ0n) is 14.6. The van der Waals surface area contributed by atoms with Gasteiger partial charge in [0, 0.05) is 17.9 Å². The van der Waals surface area contributed by atoms with Crippen LogP contribution in [0.2, 0.25) is 0 Å². The summed E-state index contributed by atoms with van der Waals surface area (Å²) in [5, 5.41) is 3.95. The summed E-state index contributed by atoms with van der Waals surface area (Å²) in [6, 6.07) is 11.8. The van der Waals surface area contributed by atoms with Crippen LogP contribution in [0.3, 0.4) is 0 Å². The number of nitrogens with two attached hydrogens (primary N) is 1. The first-order valence-electron chi connectivity index (χ1n) is 8.51. The van der Waals surface area contributed by atoms with Crippen molar-refractivity contribution in [1.82, 2.24) is 10.1 Å². The van der Waals surface area contributed by atoms with Crippen molar-refractivity contribution in [2.24, 2.45) is 0 Å². The predicted molar refractivity (Wildman–Crippen MR) is 103 cm³/mol. The summed E-state index contributed by atoms with van der Waals surface area (Å²) in [7, 11) is 0. The molecule has 0 atom stereocenters. The summed E-state index contributed by atoms with van der Waals surface area (Å²) in [5.41, 5.74) is 9.21. The predicted octanol–water partition coefficient (Wildman–Crippen LogP) is 3.74. The smallest absolute Gasteiger partial charge is 0.246 e. The van der Waals surface area contributed by atoms with E-state index in [-0.39, 0.29) is 24.8 Å². The number of fused-ring (bicyclic) bond motifs is 1. The van der Waals surface area contributed by atoms with Gasteiger partial charge in [-0.1, -0.05) is 11.2 Å². The minimum Gasteiger partial charge on any atom is -0.485 e. The molecule has 8 heteroatoms. The Morgan fingerprint density at radius 2 is 2.00 bits per heavy atom. The number of ether oxygens (including phenoxy) is 1. The number of anilines is 2. The van der Waals surface area contributed by atoms with Gasteiger partial charge in [-0.05, 0) is 54.8 Å². The number of benzene rings is 2. The first-order valence-corrected chi connectivity index (χ1v) is 8.51. The van der Waals surface area contributed by atoms with Gasteiger partial charge >= 0.3 is 0 Å². The molecule has 6 nitrogen and oxygen atoms in total. The van der Waals surface area contributed by atoms with Gasteiger partial charge in [0.05, 0.1) is 6.54 Å². The average molecular weight is 391 g/mol. The average Bonchev–Trinajstić information content (AvgIpc) is 3.10. The molecule has 0 bridgehead atoms. The quantitative estimate of drug-likeness (QED) is 0.668. The fourth-order valence-corrected chi connectivity index (χ4v) is 3.15. The van der Waals surface area contributed by atoms with Gasteiger partial charge in [-0.3, -0.25) is 0 Å². The van der Waals surface area contributed by atoms with Crippen LogP contribution in [0.25, 0.3) is 0 Å². The number of hydrogen-bond acceptors (Lipinski definition) is 6. The summed E-state index contributed by atoms with van der Waals surface area (Å²) in [6.45, 7) is 1.61. The van der Waals surface area contributed by atoms with E-state index in [0.717, 1.165) is 30.8 Å². The zero-order chi connectivity index (χ0) is 17.9. The first kappa shape index (κ1) is 19.0. The lowest BCUT2D eigenvalue weighted by Crippen LogP contribution is -2.29. The van der Waals surface area contributed by atoms with Crippen molar-refractivity contribution in [3.63, 3.8) is 0 Å². The molecule has 0 spiro atoms. The van der Waals surface area contributed by atoms with Crippen molar-refractivity contribution < 1.29 is 13.7 Å². The Morgan fingerprint density at radius 1 is 1.19 bits per heavy atom. The standard InChI is InChI=1S/C19H19FN4O2.ClH/c20-13-6-8-14(9-7-13)25-12-18-22-19(26-23-18)11-24-10-2-3-15-16(21)4-1-5-17(15)24;/h1,4-9H,2-3,10-12,21H2;1H. The summed E-state index contributed by atoms with van der Waals surface area (Å²) in [4.78, 5) is 6.58. The molecule has 0 radical (unpaired) electrons. The van der Waals surface area contributed by atoms with Crippen molar-refractivity contribution in [1.29, 1.82) is 0 Å². The van der Waals surface area contributed by atoms with E-state index < -0.39 is 0 Å². The minimum atomic E-state index is -0.304. The van der Waals surface area contributed by atoms with Crippen LogP contribution in [-0.2, 0) is 19.6 Å². The molecule has 0 aliphatic carbocycles. The van der Waals surface area contributed by atoms with Crippen molar-refractivity contribution in [3.8, 4) is 5.75 Å². The second-order valence-corrected chi connectivity index (χ2v) is 6.22. The molecule has 0 amide bonds. The van der Waals surface area contributed by atoms with Crippen LogP contribution in [0.4, 0.5) is 15.8 Å². The van der Waals surface area contributed by atoms with Crippen molar-refractivity contribution in [2.75, 3.05) is 17.2 Å². The third-order valence-corrected chi connectivity index (χ3v) is 4.40. The second kappa shape index (κ2) is 8.26. The molecule has 142 valence electrons. The summed E-state index contributed by atoms with van der Waals surface area (Å²) < 4.78 is 23.8. The Morgan fingerprint density at radius 3 is 2.81 bits per heavy atom. The van der Waals surface area contributed by atoms with Gasteiger partial charge in [-0.15, -0.1) is 12.4 Å². The lowest BCUT2D eigenvalue weighted by molar-refractivity contribution is 0.284. The lowest BCUT2D eigenvalue weighted by Gasteiger charge is -2.30. The molecular formula is C19H20ClFN4O2. The maximum Gasteiger partial charge on any atom is 0.246 e. The fourth-order valence-electron chi connectivity index (χ4n) is 3.15. The molecule has 0 fully saturated rings. The maximum atomic E-state index is 12.9. The number of halogens is 2. The van der Waals surface area contributed by atoms with Crippen LogP contribution >= 0.6 is 12.4 Å². The third-order valence-electron chi connectivity index (χ3n) is 4.40. The Labute approximate surface area is 162 Å². The summed E-state index contributed by atoms with van der Waals surface area (Å²) in [6.07, 6.45) is 2.02. The van der Waals surface area contributed by atoms with E-state index in [9.17, 15) is 4.39 Å². The van der Waals surface area contributed by atoms with Gasteiger partial charge in [0.25, 0.3) is 0 Å². The minimum absolute atomic E-state index is 0. The number of nitrogens with zero attached hydrogens (tertiary/aromatic N) is 3. The molecule has 0 unspecified atom stereocenters. The molecule has 1 aliphatic rings. The van der Waals surface area contributed by atoms with Crippen LogP contribution in [0, 0.1) is 5.82 Å². The van der Waals surface area contributed by atoms with Crippen LogP contribution in [0.15, 0.2) is 47.0 Å². The Kier molecular flexibility index (Phi) is 5.81. The van der Waals surface area contributed by atoms with E-state index >= 15 is 0 Å². The molecule has 3 aromatic rings. The van der Waals surface area contributed by atoms with E-state index in [1.807, 2.05) is 12.1 Å². The van der Waals surface area contributed by atoms with E-state index in [1.165, 1.54) is 17.7 Å². The van der Waals surface area contributed by atoms with Gasteiger partial charge in [0.15, 0.2) is 6.61 Å². The van der Waals surface area contributed by atoms with Gasteiger partial charge in [-0.25, -0.2) is 4.39 Å². The highest BCUT2D eigenvalue weighted by molar-refractivity contribution is 5.85. The van der Waals surface area contributed by atoms with Crippen LogP contribution in [0.1, 0.15) is 23.7 Å². The highest BCUT2D eigenvalue weighted by atomic mass is 35.5. The first-order chi connectivity index (χ1) is 12.7.